The van der Waals surface area contributed by atoms with Crippen molar-refractivity contribution in [1.29, 1.82) is 0 Å². The summed E-state index contributed by atoms with van der Waals surface area (Å²) < 4.78 is 22.7. The molecule has 0 bridgehead atoms. The molecule has 2 N–H and O–H groups in total. The zero-order valence-electron chi connectivity index (χ0n) is 12.1. The van der Waals surface area contributed by atoms with Gasteiger partial charge >= 0.3 is 0 Å². The lowest BCUT2D eigenvalue weighted by Gasteiger charge is -2.22. The molecule has 112 valence electrons. The molecule has 0 atom stereocenters. The first kappa shape index (κ1) is 15.5. The van der Waals surface area contributed by atoms with Crippen LogP contribution in [0.2, 0.25) is 0 Å². The van der Waals surface area contributed by atoms with E-state index < -0.39 is 9.84 Å². The number of nitrogens with one attached hydrogen (secondary N) is 2. The predicted molar refractivity (Wildman–Crippen MR) is 81.5 cm³/mol. The predicted octanol–water partition coefficient (Wildman–Crippen LogP) is 1.57. The van der Waals surface area contributed by atoms with Crippen molar-refractivity contribution in [1.82, 2.24) is 10.6 Å². The number of piperidine rings is 1. The summed E-state index contributed by atoms with van der Waals surface area (Å²) in [4.78, 5) is 0.385. The Hall–Kier alpha value is -0.910. The van der Waals surface area contributed by atoms with E-state index in [0.29, 0.717) is 4.90 Å². The summed E-state index contributed by atoms with van der Waals surface area (Å²) >= 11 is 0. The second kappa shape index (κ2) is 7.20. The number of hydrogen-bond acceptors (Lipinski definition) is 4. The number of benzene rings is 1. The van der Waals surface area contributed by atoms with Crippen molar-refractivity contribution in [2.24, 2.45) is 5.92 Å². The molecule has 1 heterocycles. The Bertz CT molecular complexity index is 505. The van der Waals surface area contributed by atoms with E-state index in [1.54, 1.807) is 12.1 Å². The maximum Gasteiger partial charge on any atom is 0.175 e. The molecule has 1 aliphatic heterocycles. The Morgan fingerprint density at radius 2 is 1.85 bits per heavy atom. The molecule has 0 spiro atoms. The summed E-state index contributed by atoms with van der Waals surface area (Å²) in [6, 6.07) is 7.13. The van der Waals surface area contributed by atoms with Gasteiger partial charge in [0.15, 0.2) is 9.84 Å². The molecule has 0 aromatic heterocycles. The van der Waals surface area contributed by atoms with E-state index in [9.17, 15) is 8.42 Å². The first-order valence-electron chi connectivity index (χ1n) is 7.26. The summed E-state index contributed by atoms with van der Waals surface area (Å²) in [6.45, 7) is 4.13. The zero-order valence-corrected chi connectivity index (χ0v) is 12.9. The van der Waals surface area contributed by atoms with E-state index in [2.05, 4.69) is 10.6 Å². The number of sulfone groups is 1. The topological polar surface area (TPSA) is 58.2 Å². The molecule has 4 nitrogen and oxygen atoms in total. The van der Waals surface area contributed by atoms with E-state index in [1.165, 1.54) is 25.5 Å². The fourth-order valence-corrected chi connectivity index (χ4v) is 3.19. The lowest BCUT2D eigenvalue weighted by Crippen LogP contribution is -2.29. The first-order chi connectivity index (χ1) is 9.55. The van der Waals surface area contributed by atoms with Crippen LogP contribution in [-0.2, 0) is 16.4 Å². The molecule has 20 heavy (non-hydrogen) atoms. The normalized spacial score (nSPS) is 17.2. The van der Waals surface area contributed by atoms with E-state index in [0.717, 1.165) is 37.7 Å². The molecule has 1 saturated heterocycles. The molecule has 1 aromatic carbocycles. The summed E-state index contributed by atoms with van der Waals surface area (Å²) in [5.41, 5.74) is 1.13. The van der Waals surface area contributed by atoms with Gasteiger partial charge in [-0.05, 0) is 62.5 Å². The molecule has 0 aliphatic carbocycles. The molecular weight excluding hydrogens is 272 g/mol. The quantitative estimate of drug-likeness (QED) is 0.782. The van der Waals surface area contributed by atoms with Gasteiger partial charge in [0.05, 0.1) is 4.90 Å². The van der Waals surface area contributed by atoms with Gasteiger partial charge in [0, 0.05) is 12.8 Å². The maximum atomic E-state index is 11.4. The smallest absolute Gasteiger partial charge is 0.175 e. The van der Waals surface area contributed by atoms with Gasteiger partial charge in [-0.2, -0.15) is 0 Å². The van der Waals surface area contributed by atoms with Crippen molar-refractivity contribution >= 4 is 9.84 Å². The van der Waals surface area contributed by atoms with Crippen molar-refractivity contribution in [3.63, 3.8) is 0 Å². The van der Waals surface area contributed by atoms with Crippen LogP contribution in [-0.4, -0.2) is 34.3 Å². The van der Waals surface area contributed by atoms with Crippen molar-refractivity contribution in [3.8, 4) is 0 Å². The van der Waals surface area contributed by atoms with Gasteiger partial charge < -0.3 is 10.6 Å². The van der Waals surface area contributed by atoms with Crippen LogP contribution in [0.15, 0.2) is 29.2 Å². The molecule has 1 aromatic rings. The van der Waals surface area contributed by atoms with Gasteiger partial charge in [0.1, 0.15) is 0 Å². The fourth-order valence-electron chi connectivity index (χ4n) is 2.56. The molecule has 2 rings (SSSR count). The van der Waals surface area contributed by atoms with Crippen molar-refractivity contribution in [2.75, 3.05) is 25.9 Å². The molecule has 5 heteroatoms. The van der Waals surface area contributed by atoms with Crippen LogP contribution in [0.25, 0.3) is 0 Å². The molecule has 0 radical (unpaired) electrons. The first-order valence-corrected chi connectivity index (χ1v) is 9.15. The highest BCUT2D eigenvalue weighted by molar-refractivity contribution is 7.90. The molecule has 0 unspecified atom stereocenters. The largest absolute Gasteiger partial charge is 0.317 e. The Balaban J connectivity index is 1.71. The summed E-state index contributed by atoms with van der Waals surface area (Å²) in [5.74, 6) is 0.844. The van der Waals surface area contributed by atoms with E-state index in [4.69, 9.17) is 0 Å². The van der Waals surface area contributed by atoms with Gasteiger partial charge in [-0.3, -0.25) is 0 Å². The third kappa shape index (κ3) is 4.89. The number of rotatable bonds is 6. The van der Waals surface area contributed by atoms with Crippen LogP contribution in [0.5, 0.6) is 0 Å². The van der Waals surface area contributed by atoms with Gasteiger partial charge in [-0.25, -0.2) is 8.42 Å². The van der Waals surface area contributed by atoms with Crippen molar-refractivity contribution in [3.05, 3.63) is 29.8 Å². The average Bonchev–Trinajstić information content (AvgIpc) is 2.44. The highest BCUT2D eigenvalue weighted by Gasteiger charge is 2.12. The lowest BCUT2D eigenvalue weighted by molar-refractivity contribution is 0.348. The lowest BCUT2D eigenvalue weighted by atomic mass is 9.95. The molecule has 0 saturated carbocycles. The number of hydrogen-bond donors (Lipinski definition) is 2. The SMILES string of the molecule is CS(=O)(=O)c1ccc(CNCCC2CCNCC2)cc1. The highest BCUT2D eigenvalue weighted by atomic mass is 32.2. The van der Waals surface area contributed by atoms with Crippen LogP contribution in [0.4, 0.5) is 0 Å². The summed E-state index contributed by atoms with van der Waals surface area (Å²) in [6.07, 6.45) is 5.03. The van der Waals surface area contributed by atoms with Gasteiger partial charge in [0.2, 0.25) is 0 Å². The highest BCUT2D eigenvalue weighted by Crippen LogP contribution is 2.15. The van der Waals surface area contributed by atoms with Gasteiger partial charge in [-0.1, -0.05) is 12.1 Å². The second-order valence-electron chi connectivity index (χ2n) is 5.57. The van der Waals surface area contributed by atoms with E-state index >= 15 is 0 Å². The van der Waals surface area contributed by atoms with Crippen molar-refractivity contribution < 1.29 is 8.42 Å². The van der Waals surface area contributed by atoms with Gasteiger partial charge in [-0.15, -0.1) is 0 Å². The Labute approximate surface area is 121 Å². The van der Waals surface area contributed by atoms with Crippen LogP contribution in [0.1, 0.15) is 24.8 Å². The maximum absolute atomic E-state index is 11.4. The van der Waals surface area contributed by atoms with Crippen LogP contribution < -0.4 is 10.6 Å². The molecule has 1 fully saturated rings. The third-order valence-electron chi connectivity index (χ3n) is 3.87. The van der Waals surface area contributed by atoms with Crippen LogP contribution in [0, 0.1) is 5.92 Å². The monoisotopic (exact) mass is 296 g/mol. The average molecular weight is 296 g/mol. The molecular formula is C15H24N2O2S. The molecule has 1 aliphatic rings. The Morgan fingerprint density at radius 3 is 2.45 bits per heavy atom. The fraction of sp³-hybridized carbons (Fsp3) is 0.600. The Morgan fingerprint density at radius 1 is 1.20 bits per heavy atom. The van der Waals surface area contributed by atoms with Crippen LogP contribution in [0.3, 0.4) is 0 Å². The second-order valence-corrected chi connectivity index (χ2v) is 7.59. The standard InChI is InChI=1S/C15H24N2O2S/c1-20(18,19)15-4-2-14(3-5-15)12-17-11-8-13-6-9-16-10-7-13/h2-5,13,16-17H,6-12H2,1H3. The minimum atomic E-state index is -3.09. The zero-order chi connectivity index (χ0) is 14.4. The summed E-state index contributed by atoms with van der Waals surface area (Å²) in [5, 5.41) is 6.82. The van der Waals surface area contributed by atoms with Crippen LogP contribution >= 0.6 is 0 Å². The van der Waals surface area contributed by atoms with Crippen molar-refractivity contribution in [2.45, 2.75) is 30.7 Å². The molecule has 0 amide bonds. The summed E-state index contributed by atoms with van der Waals surface area (Å²) in [7, 11) is -3.09. The minimum Gasteiger partial charge on any atom is -0.317 e. The van der Waals surface area contributed by atoms with Gasteiger partial charge in [0.25, 0.3) is 0 Å². The Kier molecular flexibility index (Phi) is 5.57. The third-order valence-corrected chi connectivity index (χ3v) is 5.00. The van der Waals surface area contributed by atoms with E-state index in [1.807, 2.05) is 12.1 Å². The van der Waals surface area contributed by atoms with E-state index in [-0.39, 0.29) is 0 Å². The minimum absolute atomic E-state index is 0.385.